The topological polar surface area (TPSA) is 27.6 Å². The van der Waals surface area contributed by atoms with E-state index in [0.29, 0.717) is 11.3 Å². The van der Waals surface area contributed by atoms with E-state index in [0.717, 1.165) is 35.8 Å². The van der Waals surface area contributed by atoms with Crippen LogP contribution in [0.15, 0.2) is 16.1 Å². The summed E-state index contributed by atoms with van der Waals surface area (Å²) in [6, 6.07) is 0. The highest BCUT2D eigenvalue weighted by Crippen LogP contribution is 2.29. The Kier molecular flexibility index (Phi) is 8.96. The molecule has 0 aromatic rings. The van der Waals surface area contributed by atoms with E-state index < -0.39 is 0 Å². The maximum Gasteiger partial charge on any atom is 0.194 e. The molecule has 1 saturated heterocycles. The van der Waals surface area contributed by atoms with E-state index in [-0.39, 0.29) is 24.0 Å². The molecular formula is C12H23BrIN3S. The quantitative estimate of drug-likeness (QED) is 0.408. The Labute approximate surface area is 140 Å². The first-order valence-corrected chi connectivity index (χ1v) is 7.73. The number of nitrogens with zero attached hydrogens (tertiary/aromatic N) is 2. The zero-order chi connectivity index (χ0) is 12.9. The minimum Gasteiger partial charge on any atom is -0.357 e. The predicted octanol–water partition coefficient (Wildman–Crippen LogP) is 3.31. The van der Waals surface area contributed by atoms with Crippen molar-refractivity contribution in [3.8, 4) is 0 Å². The van der Waals surface area contributed by atoms with E-state index in [1.165, 1.54) is 0 Å². The maximum atomic E-state index is 4.58. The molecule has 0 unspecified atom stereocenters. The fourth-order valence-corrected chi connectivity index (χ4v) is 3.02. The van der Waals surface area contributed by atoms with Crippen molar-refractivity contribution in [2.75, 3.05) is 31.9 Å². The van der Waals surface area contributed by atoms with Crippen LogP contribution < -0.4 is 5.32 Å². The fraction of sp³-hybridized carbons (Fsp3) is 0.750. The molecule has 3 nitrogen and oxygen atoms in total. The SMILES string of the molecule is C=C(Br)CN=C(NCC)N1CCSC(C)(C)C1.I. The number of rotatable bonds is 3. The molecule has 106 valence electrons. The first kappa shape index (κ1) is 18.6. The van der Waals surface area contributed by atoms with Crippen molar-refractivity contribution in [2.45, 2.75) is 25.5 Å². The first-order chi connectivity index (χ1) is 7.94. The number of guanidine groups is 1. The smallest absolute Gasteiger partial charge is 0.194 e. The Morgan fingerprint density at radius 1 is 1.56 bits per heavy atom. The number of halogens is 2. The van der Waals surface area contributed by atoms with Gasteiger partial charge in [-0.1, -0.05) is 22.5 Å². The molecule has 6 heteroatoms. The molecule has 1 N–H and O–H groups in total. The highest BCUT2D eigenvalue weighted by atomic mass is 127. The summed E-state index contributed by atoms with van der Waals surface area (Å²) >= 11 is 5.38. The molecule has 0 atom stereocenters. The van der Waals surface area contributed by atoms with Crippen LogP contribution in [-0.2, 0) is 0 Å². The van der Waals surface area contributed by atoms with Gasteiger partial charge in [-0.15, -0.1) is 24.0 Å². The van der Waals surface area contributed by atoms with Crippen molar-refractivity contribution in [3.63, 3.8) is 0 Å². The molecule has 0 aromatic heterocycles. The van der Waals surface area contributed by atoms with Crippen molar-refractivity contribution in [3.05, 3.63) is 11.1 Å². The molecule has 0 aliphatic carbocycles. The van der Waals surface area contributed by atoms with Crippen molar-refractivity contribution < 1.29 is 0 Å². The summed E-state index contributed by atoms with van der Waals surface area (Å²) in [6.07, 6.45) is 0. The summed E-state index contributed by atoms with van der Waals surface area (Å²) in [4.78, 5) is 6.92. The molecule has 18 heavy (non-hydrogen) atoms. The Hall–Kier alpha value is 0.570. The molecule has 0 radical (unpaired) electrons. The van der Waals surface area contributed by atoms with Crippen LogP contribution in [0.3, 0.4) is 0 Å². The molecular weight excluding hydrogens is 425 g/mol. The van der Waals surface area contributed by atoms with E-state index in [1.807, 2.05) is 11.8 Å². The number of hydrogen-bond donors (Lipinski definition) is 1. The molecule has 0 saturated carbocycles. The Morgan fingerprint density at radius 3 is 2.72 bits per heavy atom. The second-order valence-corrected chi connectivity index (χ2v) is 7.64. The lowest BCUT2D eigenvalue weighted by Crippen LogP contribution is -2.51. The number of hydrogen-bond acceptors (Lipinski definition) is 2. The van der Waals surface area contributed by atoms with E-state index in [4.69, 9.17) is 0 Å². The maximum absolute atomic E-state index is 4.58. The molecule has 1 rings (SSSR count). The monoisotopic (exact) mass is 447 g/mol. The van der Waals surface area contributed by atoms with E-state index in [2.05, 4.69) is 58.5 Å². The van der Waals surface area contributed by atoms with Crippen LogP contribution in [-0.4, -0.2) is 47.5 Å². The van der Waals surface area contributed by atoms with Crippen LogP contribution in [0.2, 0.25) is 0 Å². The third-order valence-corrected chi connectivity index (χ3v) is 4.01. The standard InChI is InChI=1S/C12H22BrN3S.HI/c1-5-14-11(15-8-10(2)13)16-6-7-17-12(3,4)9-16;/h2,5-9H2,1,3-4H3,(H,14,15);1H. The van der Waals surface area contributed by atoms with Crippen LogP contribution in [0.25, 0.3) is 0 Å². The Morgan fingerprint density at radius 2 is 2.22 bits per heavy atom. The zero-order valence-electron chi connectivity index (χ0n) is 11.3. The van der Waals surface area contributed by atoms with Crippen molar-refractivity contribution >= 4 is 57.6 Å². The summed E-state index contributed by atoms with van der Waals surface area (Å²) in [5, 5.41) is 3.35. The van der Waals surface area contributed by atoms with Gasteiger partial charge in [0.05, 0.1) is 6.54 Å². The lowest BCUT2D eigenvalue weighted by atomic mass is 10.2. The lowest BCUT2D eigenvalue weighted by Gasteiger charge is -2.39. The first-order valence-electron chi connectivity index (χ1n) is 5.95. The summed E-state index contributed by atoms with van der Waals surface area (Å²) in [5.74, 6) is 2.16. The summed E-state index contributed by atoms with van der Waals surface area (Å²) in [7, 11) is 0. The number of thioether (sulfide) groups is 1. The molecule has 0 spiro atoms. The molecule has 0 amide bonds. The molecule has 1 heterocycles. The van der Waals surface area contributed by atoms with Gasteiger partial charge in [0.15, 0.2) is 5.96 Å². The van der Waals surface area contributed by atoms with Gasteiger partial charge < -0.3 is 10.2 Å². The molecule has 0 aromatic carbocycles. The molecule has 1 fully saturated rings. The number of nitrogens with one attached hydrogen (secondary N) is 1. The summed E-state index contributed by atoms with van der Waals surface area (Å²) in [6.45, 7) is 14.1. The van der Waals surface area contributed by atoms with Gasteiger partial charge in [-0.05, 0) is 20.8 Å². The second kappa shape index (κ2) is 8.68. The average Bonchev–Trinajstić information content (AvgIpc) is 2.22. The third kappa shape index (κ3) is 6.65. The summed E-state index contributed by atoms with van der Waals surface area (Å²) in [5.41, 5.74) is 0. The van der Waals surface area contributed by atoms with Crippen LogP contribution >= 0.6 is 51.7 Å². The molecule has 0 bridgehead atoms. The predicted molar refractivity (Wildman–Crippen MR) is 97.6 cm³/mol. The van der Waals surface area contributed by atoms with Gasteiger partial charge >= 0.3 is 0 Å². The van der Waals surface area contributed by atoms with Crippen molar-refractivity contribution in [1.82, 2.24) is 10.2 Å². The van der Waals surface area contributed by atoms with Gasteiger partial charge in [0.1, 0.15) is 0 Å². The summed E-state index contributed by atoms with van der Waals surface area (Å²) < 4.78 is 1.22. The zero-order valence-corrected chi connectivity index (χ0v) is 16.1. The third-order valence-electron chi connectivity index (χ3n) is 2.46. The Balaban J connectivity index is 0.00000289. The second-order valence-electron chi connectivity index (χ2n) is 4.72. The van der Waals surface area contributed by atoms with Gasteiger partial charge in [-0.2, -0.15) is 11.8 Å². The minimum atomic E-state index is 0. The largest absolute Gasteiger partial charge is 0.357 e. The van der Waals surface area contributed by atoms with Gasteiger partial charge in [0.2, 0.25) is 0 Å². The van der Waals surface area contributed by atoms with Crippen LogP contribution in [0.1, 0.15) is 20.8 Å². The normalized spacial score (nSPS) is 19.1. The minimum absolute atomic E-state index is 0. The molecule has 1 aliphatic heterocycles. The van der Waals surface area contributed by atoms with Gasteiger partial charge in [0.25, 0.3) is 0 Å². The van der Waals surface area contributed by atoms with Crippen molar-refractivity contribution in [1.29, 1.82) is 0 Å². The van der Waals surface area contributed by atoms with Gasteiger partial charge in [0, 0.05) is 34.6 Å². The van der Waals surface area contributed by atoms with E-state index >= 15 is 0 Å². The van der Waals surface area contributed by atoms with Crippen LogP contribution in [0.5, 0.6) is 0 Å². The van der Waals surface area contributed by atoms with E-state index in [1.54, 1.807) is 0 Å². The van der Waals surface area contributed by atoms with Crippen LogP contribution in [0.4, 0.5) is 0 Å². The lowest BCUT2D eigenvalue weighted by molar-refractivity contribution is 0.376. The highest BCUT2D eigenvalue weighted by Gasteiger charge is 2.28. The highest BCUT2D eigenvalue weighted by molar-refractivity contribution is 14.0. The van der Waals surface area contributed by atoms with Crippen molar-refractivity contribution in [2.24, 2.45) is 4.99 Å². The fourth-order valence-electron chi connectivity index (χ4n) is 1.78. The van der Waals surface area contributed by atoms with Gasteiger partial charge in [-0.25, -0.2) is 4.99 Å². The Bertz CT molecular complexity index is 308. The van der Waals surface area contributed by atoms with E-state index in [9.17, 15) is 0 Å². The van der Waals surface area contributed by atoms with Gasteiger partial charge in [-0.3, -0.25) is 0 Å². The average molecular weight is 448 g/mol. The number of aliphatic imine (C=N–C) groups is 1. The molecule has 1 aliphatic rings. The van der Waals surface area contributed by atoms with Crippen LogP contribution in [0, 0.1) is 0 Å².